The van der Waals surface area contributed by atoms with E-state index < -0.39 is 0 Å². The van der Waals surface area contributed by atoms with Crippen LogP contribution in [0, 0.1) is 0 Å². The highest BCUT2D eigenvalue weighted by molar-refractivity contribution is 9.10. The van der Waals surface area contributed by atoms with Gasteiger partial charge in [-0.3, -0.25) is 0 Å². The summed E-state index contributed by atoms with van der Waals surface area (Å²) in [4.78, 5) is 0. The Kier molecular flexibility index (Phi) is 2.11. The second-order valence-corrected chi connectivity index (χ2v) is 5.00. The Morgan fingerprint density at radius 1 is 1.33 bits per heavy atom. The largest absolute Gasteiger partial charge is 0.387 e. The van der Waals surface area contributed by atoms with Crippen molar-refractivity contribution < 1.29 is 5.11 Å². The topological polar surface area (TPSA) is 25.2 Å². The number of halogens is 1. The third-order valence-electron chi connectivity index (χ3n) is 3.10. The van der Waals surface area contributed by atoms with Gasteiger partial charge < -0.3 is 9.67 Å². The summed E-state index contributed by atoms with van der Waals surface area (Å²) in [7, 11) is 0. The molecule has 78 valence electrons. The lowest BCUT2D eigenvalue weighted by molar-refractivity contribution is 0.140. The normalized spacial score (nSPS) is 20.5. The number of nitrogens with zero attached hydrogens (tertiary/aromatic N) is 1. The molecule has 2 nitrogen and oxygen atoms in total. The van der Waals surface area contributed by atoms with Crippen molar-refractivity contribution in [3.63, 3.8) is 0 Å². The van der Waals surface area contributed by atoms with Crippen molar-refractivity contribution in [3.05, 3.63) is 34.4 Å². The zero-order chi connectivity index (χ0) is 10.4. The molecule has 15 heavy (non-hydrogen) atoms. The number of aromatic nitrogens is 1. The highest BCUT2D eigenvalue weighted by atomic mass is 79.9. The number of aliphatic hydroxyl groups is 1. The van der Waals surface area contributed by atoms with E-state index in [0.717, 1.165) is 29.6 Å². The lowest BCUT2D eigenvalue weighted by Gasteiger charge is -2.20. The lowest BCUT2D eigenvalue weighted by atomic mass is 10.1. The number of aliphatic hydroxyl groups excluding tert-OH is 1. The molecule has 0 saturated carbocycles. The third kappa shape index (κ3) is 1.42. The molecule has 1 aliphatic heterocycles. The highest BCUT2D eigenvalue weighted by Gasteiger charge is 2.20. The molecule has 3 heteroatoms. The minimum absolute atomic E-state index is 0.287. The smallest absolute Gasteiger partial charge is 0.0940 e. The number of hydrogen-bond donors (Lipinski definition) is 1. The first-order valence-corrected chi connectivity index (χ1v) is 6.02. The monoisotopic (exact) mass is 265 g/mol. The molecular weight excluding hydrogens is 254 g/mol. The quantitative estimate of drug-likeness (QED) is 0.778. The Morgan fingerprint density at radius 3 is 3.07 bits per heavy atom. The van der Waals surface area contributed by atoms with E-state index in [2.05, 4.69) is 44.8 Å². The van der Waals surface area contributed by atoms with Crippen molar-refractivity contribution >= 4 is 26.8 Å². The van der Waals surface area contributed by atoms with Crippen LogP contribution in [0.5, 0.6) is 0 Å². The van der Waals surface area contributed by atoms with Gasteiger partial charge in [0.05, 0.1) is 6.10 Å². The van der Waals surface area contributed by atoms with Gasteiger partial charge in [0, 0.05) is 27.6 Å². The minimum atomic E-state index is -0.287. The number of fused-ring (bicyclic) bond motifs is 3. The van der Waals surface area contributed by atoms with Gasteiger partial charge in [-0.1, -0.05) is 15.9 Å². The zero-order valence-corrected chi connectivity index (χ0v) is 9.87. The maximum absolute atomic E-state index is 9.90. The number of hydrogen-bond acceptors (Lipinski definition) is 1. The molecule has 0 bridgehead atoms. The summed E-state index contributed by atoms with van der Waals surface area (Å²) in [5, 5.41) is 11.1. The van der Waals surface area contributed by atoms with Crippen LogP contribution in [0.1, 0.15) is 24.6 Å². The summed E-state index contributed by atoms with van der Waals surface area (Å²) < 4.78 is 3.32. The summed E-state index contributed by atoms with van der Waals surface area (Å²) in [6.45, 7) is 1.03. The molecule has 1 aliphatic rings. The Labute approximate surface area is 96.6 Å². The van der Waals surface area contributed by atoms with Crippen LogP contribution in [0.25, 0.3) is 10.9 Å². The van der Waals surface area contributed by atoms with E-state index in [1.807, 2.05) is 0 Å². The molecule has 1 atom stereocenters. The molecule has 0 radical (unpaired) electrons. The lowest BCUT2D eigenvalue weighted by Crippen LogP contribution is -2.14. The zero-order valence-electron chi connectivity index (χ0n) is 8.28. The van der Waals surface area contributed by atoms with Gasteiger partial charge in [-0.15, -0.1) is 0 Å². The molecule has 1 aromatic carbocycles. The van der Waals surface area contributed by atoms with Gasteiger partial charge in [0.25, 0.3) is 0 Å². The van der Waals surface area contributed by atoms with Gasteiger partial charge in [-0.25, -0.2) is 0 Å². The van der Waals surface area contributed by atoms with E-state index in [1.165, 1.54) is 10.9 Å². The van der Waals surface area contributed by atoms with E-state index in [9.17, 15) is 5.11 Å². The van der Waals surface area contributed by atoms with Crippen LogP contribution in [-0.2, 0) is 6.54 Å². The third-order valence-corrected chi connectivity index (χ3v) is 3.59. The van der Waals surface area contributed by atoms with Gasteiger partial charge in [0.2, 0.25) is 0 Å². The highest BCUT2D eigenvalue weighted by Crippen LogP contribution is 2.32. The first-order valence-electron chi connectivity index (χ1n) is 5.22. The molecule has 0 amide bonds. The fourth-order valence-corrected chi connectivity index (χ4v) is 2.76. The first kappa shape index (κ1) is 9.43. The fourth-order valence-electron chi connectivity index (χ4n) is 2.38. The molecule has 0 spiro atoms. The van der Waals surface area contributed by atoms with Crippen LogP contribution in [0.3, 0.4) is 0 Å². The Balaban J connectivity index is 2.30. The van der Waals surface area contributed by atoms with E-state index >= 15 is 0 Å². The summed E-state index contributed by atoms with van der Waals surface area (Å²) in [6.07, 6.45) is 1.66. The second kappa shape index (κ2) is 3.35. The van der Waals surface area contributed by atoms with Crippen LogP contribution >= 0.6 is 15.9 Å². The van der Waals surface area contributed by atoms with Crippen molar-refractivity contribution in [3.8, 4) is 0 Å². The predicted octanol–water partition coefficient (Wildman–Crippen LogP) is 3.23. The van der Waals surface area contributed by atoms with Crippen LogP contribution in [0.2, 0.25) is 0 Å². The van der Waals surface area contributed by atoms with E-state index in [1.54, 1.807) is 0 Å². The molecule has 1 unspecified atom stereocenters. The van der Waals surface area contributed by atoms with Crippen LogP contribution in [0.4, 0.5) is 0 Å². The summed E-state index contributed by atoms with van der Waals surface area (Å²) in [5.74, 6) is 0. The Hall–Kier alpha value is -0.800. The summed E-state index contributed by atoms with van der Waals surface area (Å²) in [6, 6.07) is 8.37. The van der Waals surface area contributed by atoms with Crippen LogP contribution in [0.15, 0.2) is 28.7 Å². The Morgan fingerprint density at radius 2 is 2.20 bits per heavy atom. The standard InChI is InChI=1S/C12H12BrNO/c13-9-3-4-10-8(6-9)7-11-12(15)2-1-5-14(10)11/h3-4,6-7,12,15H,1-2,5H2. The average Bonchev–Trinajstić information content (AvgIpc) is 2.57. The molecule has 2 aromatic rings. The van der Waals surface area contributed by atoms with Gasteiger partial charge >= 0.3 is 0 Å². The minimum Gasteiger partial charge on any atom is -0.387 e. The van der Waals surface area contributed by atoms with Gasteiger partial charge in [0.15, 0.2) is 0 Å². The maximum Gasteiger partial charge on any atom is 0.0940 e. The molecule has 0 fully saturated rings. The number of aryl methyl sites for hydroxylation is 1. The van der Waals surface area contributed by atoms with Gasteiger partial charge in [0.1, 0.15) is 0 Å². The van der Waals surface area contributed by atoms with Gasteiger partial charge in [-0.05, 0) is 37.1 Å². The van der Waals surface area contributed by atoms with Gasteiger partial charge in [-0.2, -0.15) is 0 Å². The summed E-state index contributed by atoms with van der Waals surface area (Å²) >= 11 is 3.47. The van der Waals surface area contributed by atoms with E-state index in [0.29, 0.717) is 0 Å². The van der Waals surface area contributed by atoms with Crippen molar-refractivity contribution in [2.75, 3.05) is 0 Å². The average molecular weight is 266 g/mol. The molecule has 1 aromatic heterocycles. The van der Waals surface area contributed by atoms with Crippen LogP contribution in [-0.4, -0.2) is 9.67 Å². The second-order valence-electron chi connectivity index (χ2n) is 4.08. The number of benzene rings is 1. The Bertz CT molecular complexity index is 518. The fraction of sp³-hybridized carbons (Fsp3) is 0.333. The van der Waals surface area contributed by atoms with Crippen LogP contribution < -0.4 is 0 Å². The molecule has 3 rings (SSSR count). The first-order chi connectivity index (χ1) is 7.25. The summed E-state index contributed by atoms with van der Waals surface area (Å²) in [5.41, 5.74) is 2.29. The van der Waals surface area contributed by atoms with Crippen molar-refractivity contribution in [2.45, 2.75) is 25.5 Å². The number of rotatable bonds is 0. The van der Waals surface area contributed by atoms with E-state index in [-0.39, 0.29) is 6.10 Å². The predicted molar refractivity (Wildman–Crippen MR) is 63.8 cm³/mol. The molecule has 0 saturated heterocycles. The molecular formula is C12H12BrNO. The maximum atomic E-state index is 9.90. The SMILES string of the molecule is OC1CCCn2c1cc1cc(Br)ccc12. The van der Waals surface area contributed by atoms with Crippen molar-refractivity contribution in [2.24, 2.45) is 0 Å². The molecule has 2 heterocycles. The van der Waals surface area contributed by atoms with Crippen molar-refractivity contribution in [1.29, 1.82) is 0 Å². The van der Waals surface area contributed by atoms with E-state index in [4.69, 9.17) is 0 Å². The molecule has 1 N–H and O–H groups in total. The molecule has 0 aliphatic carbocycles. The van der Waals surface area contributed by atoms with Crippen molar-refractivity contribution in [1.82, 2.24) is 4.57 Å².